The van der Waals surface area contributed by atoms with Gasteiger partial charge in [-0.1, -0.05) is 13.3 Å². The van der Waals surface area contributed by atoms with E-state index in [0.717, 1.165) is 19.3 Å². The molecular formula is C13H28N2O2. The molecule has 0 heterocycles. The van der Waals surface area contributed by atoms with Crippen LogP contribution in [0.15, 0.2) is 0 Å². The van der Waals surface area contributed by atoms with Crippen LogP contribution in [0.1, 0.15) is 47.0 Å². The van der Waals surface area contributed by atoms with Gasteiger partial charge in [0.05, 0.1) is 12.1 Å². The Balaban J connectivity index is 4.21. The lowest BCUT2D eigenvalue weighted by Gasteiger charge is -2.35. The average Bonchev–Trinajstić information content (AvgIpc) is 2.26. The molecule has 102 valence electrons. The fourth-order valence-corrected chi connectivity index (χ4v) is 1.60. The summed E-state index contributed by atoms with van der Waals surface area (Å²) in [4.78, 5) is 13.8. The van der Waals surface area contributed by atoms with Gasteiger partial charge in [-0.15, -0.1) is 0 Å². The minimum Gasteiger partial charge on any atom is -0.394 e. The Hall–Kier alpha value is -0.610. The van der Waals surface area contributed by atoms with Crippen LogP contribution in [-0.2, 0) is 4.79 Å². The largest absolute Gasteiger partial charge is 0.394 e. The van der Waals surface area contributed by atoms with Crippen LogP contribution in [0.2, 0.25) is 0 Å². The molecule has 0 aromatic rings. The van der Waals surface area contributed by atoms with Gasteiger partial charge in [0.15, 0.2) is 0 Å². The van der Waals surface area contributed by atoms with Gasteiger partial charge in [-0.25, -0.2) is 0 Å². The smallest absolute Gasteiger partial charge is 0.225 e. The Morgan fingerprint density at radius 3 is 2.29 bits per heavy atom. The summed E-state index contributed by atoms with van der Waals surface area (Å²) in [6, 6.07) is 0.198. The topological polar surface area (TPSA) is 66.6 Å². The monoisotopic (exact) mass is 244 g/mol. The van der Waals surface area contributed by atoms with E-state index in [0.29, 0.717) is 0 Å². The van der Waals surface area contributed by atoms with Gasteiger partial charge in [-0.3, -0.25) is 4.79 Å². The lowest BCUT2D eigenvalue weighted by atomic mass is 9.97. The van der Waals surface area contributed by atoms with E-state index in [1.54, 1.807) is 11.9 Å². The molecule has 0 aromatic carbocycles. The number of carbonyl (C=O) groups is 1. The quantitative estimate of drug-likeness (QED) is 0.711. The van der Waals surface area contributed by atoms with Crippen LogP contribution in [0.5, 0.6) is 0 Å². The lowest BCUT2D eigenvalue weighted by molar-refractivity contribution is -0.140. The fourth-order valence-electron chi connectivity index (χ4n) is 1.60. The molecule has 17 heavy (non-hydrogen) atoms. The molecule has 0 saturated carbocycles. The van der Waals surface area contributed by atoms with Crippen LogP contribution in [0.3, 0.4) is 0 Å². The second kappa shape index (κ2) is 6.97. The number of likely N-dealkylation sites (N-methyl/N-ethyl adjacent to an activating group) is 1. The summed E-state index contributed by atoms with van der Waals surface area (Å²) < 4.78 is 0. The molecule has 0 aromatic heterocycles. The SMILES string of the molecule is CC(N)CCCC(C)C(=O)N(C)C(C)(C)CO. The van der Waals surface area contributed by atoms with Gasteiger partial charge in [-0.2, -0.15) is 0 Å². The van der Waals surface area contributed by atoms with Crippen LogP contribution < -0.4 is 5.73 Å². The van der Waals surface area contributed by atoms with E-state index in [1.165, 1.54) is 0 Å². The molecule has 0 radical (unpaired) electrons. The van der Waals surface area contributed by atoms with E-state index >= 15 is 0 Å². The molecule has 0 spiro atoms. The molecular weight excluding hydrogens is 216 g/mol. The van der Waals surface area contributed by atoms with Crippen molar-refractivity contribution in [2.24, 2.45) is 11.7 Å². The van der Waals surface area contributed by atoms with Gasteiger partial charge in [0.1, 0.15) is 0 Å². The predicted molar refractivity (Wildman–Crippen MR) is 70.6 cm³/mol. The molecule has 0 aliphatic rings. The van der Waals surface area contributed by atoms with Crippen molar-refractivity contribution >= 4 is 5.91 Å². The van der Waals surface area contributed by atoms with Crippen LogP contribution >= 0.6 is 0 Å². The molecule has 3 N–H and O–H groups in total. The van der Waals surface area contributed by atoms with Crippen LogP contribution in [0.25, 0.3) is 0 Å². The lowest BCUT2D eigenvalue weighted by Crippen LogP contribution is -2.49. The summed E-state index contributed by atoms with van der Waals surface area (Å²) in [5.41, 5.74) is 5.18. The zero-order valence-corrected chi connectivity index (χ0v) is 11.9. The Bertz CT molecular complexity index is 240. The van der Waals surface area contributed by atoms with Crippen molar-refractivity contribution in [3.63, 3.8) is 0 Å². The van der Waals surface area contributed by atoms with Crippen molar-refractivity contribution in [2.45, 2.75) is 58.5 Å². The molecule has 1 amide bonds. The zero-order valence-electron chi connectivity index (χ0n) is 11.9. The normalized spacial score (nSPS) is 15.5. The highest BCUT2D eigenvalue weighted by molar-refractivity contribution is 5.78. The summed E-state index contributed by atoms with van der Waals surface area (Å²) in [6.07, 6.45) is 2.77. The van der Waals surface area contributed by atoms with E-state index in [4.69, 9.17) is 5.73 Å². The number of amides is 1. The summed E-state index contributed by atoms with van der Waals surface area (Å²) in [5, 5.41) is 9.23. The standard InChI is InChI=1S/C13H28N2O2/c1-10(7-6-8-11(2)14)12(17)15(5)13(3,4)9-16/h10-11,16H,6-9,14H2,1-5H3. The van der Waals surface area contributed by atoms with E-state index in [1.807, 2.05) is 27.7 Å². The Labute approximate surface area is 105 Å². The van der Waals surface area contributed by atoms with Crippen molar-refractivity contribution in [3.8, 4) is 0 Å². The minimum atomic E-state index is -0.494. The highest BCUT2D eigenvalue weighted by Crippen LogP contribution is 2.18. The van der Waals surface area contributed by atoms with Crippen molar-refractivity contribution < 1.29 is 9.90 Å². The van der Waals surface area contributed by atoms with Crippen LogP contribution in [0, 0.1) is 5.92 Å². The molecule has 0 saturated heterocycles. The Morgan fingerprint density at radius 1 is 1.35 bits per heavy atom. The summed E-state index contributed by atoms with van der Waals surface area (Å²) >= 11 is 0. The molecule has 2 atom stereocenters. The van der Waals surface area contributed by atoms with E-state index in [-0.39, 0.29) is 24.5 Å². The summed E-state index contributed by atoms with van der Waals surface area (Å²) in [6.45, 7) is 7.61. The van der Waals surface area contributed by atoms with Crippen molar-refractivity contribution in [1.82, 2.24) is 4.90 Å². The number of aliphatic hydroxyl groups is 1. The molecule has 0 aliphatic heterocycles. The number of nitrogens with zero attached hydrogens (tertiary/aromatic N) is 1. The Morgan fingerprint density at radius 2 is 1.88 bits per heavy atom. The first kappa shape index (κ1) is 16.4. The minimum absolute atomic E-state index is 0.00965. The van der Waals surface area contributed by atoms with Crippen LogP contribution in [0.4, 0.5) is 0 Å². The molecule has 4 nitrogen and oxygen atoms in total. The van der Waals surface area contributed by atoms with E-state index in [2.05, 4.69) is 0 Å². The van der Waals surface area contributed by atoms with Gasteiger partial charge < -0.3 is 15.7 Å². The van der Waals surface area contributed by atoms with Crippen molar-refractivity contribution in [1.29, 1.82) is 0 Å². The second-order valence-corrected chi connectivity index (χ2v) is 5.68. The first-order chi connectivity index (χ1) is 7.72. The molecule has 0 rings (SSSR count). The highest BCUT2D eigenvalue weighted by atomic mass is 16.3. The first-order valence-electron chi connectivity index (χ1n) is 6.36. The van der Waals surface area contributed by atoms with Gasteiger partial charge in [0.25, 0.3) is 0 Å². The zero-order chi connectivity index (χ0) is 13.6. The van der Waals surface area contributed by atoms with E-state index in [9.17, 15) is 9.90 Å². The van der Waals surface area contributed by atoms with Crippen molar-refractivity contribution in [2.75, 3.05) is 13.7 Å². The van der Waals surface area contributed by atoms with Gasteiger partial charge in [0, 0.05) is 19.0 Å². The highest BCUT2D eigenvalue weighted by Gasteiger charge is 2.29. The third kappa shape index (κ3) is 5.50. The molecule has 4 heteroatoms. The third-order valence-electron chi connectivity index (χ3n) is 3.34. The number of nitrogens with two attached hydrogens (primary N) is 1. The number of rotatable bonds is 7. The number of carbonyl (C=O) groups excluding carboxylic acids is 1. The maximum Gasteiger partial charge on any atom is 0.225 e. The fraction of sp³-hybridized carbons (Fsp3) is 0.923. The van der Waals surface area contributed by atoms with Crippen molar-refractivity contribution in [3.05, 3.63) is 0 Å². The summed E-state index contributed by atoms with van der Waals surface area (Å²) in [5.74, 6) is 0.0818. The average molecular weight is 244 g/mol. The molecule has 0 bridgehead atoms. The maximum atomic E-state index is 12.1. The van der Waals surface area contributed by atoms with Gasteiger partial charge in [0.2, 0.25) is 5.91 Å². The molecule has 2 unspecified atom stereocenters. The Kier molecular flexibility index (Phi) is 6.72. The summed E-state index contributed by atoms with van der Waals surface area (Å²) in [7, 11) is 1.75. The third-order valence-corrected chi connectivity index (χ3v) is 3.34. The molecule has 0 fully saturated rings. The predicted octanol–water partition coefficient (Wildman–Crippen LogP) is 1.37. The van der Waals surface area contributed by atoms with E-state index < -0.39 is 5.54 Å². The van der Waals surface area contributed by atoms with Crippen LogP contribution in [-0.4, -0.2) is 41.1 Å². The number of hydrogen-bond donors (Lipinski definition) is 2. The number of aliphatic hydroxyl groups excluding tert-OH is 1. The van der Waals surface area contributed by atoms with Gasteiger partial charge in [-0.05, 0) is 33.6 Å². The first-order valence-corrected chi connectivity index (χ1v) is 6.36. The second-order valence-electron chi connectivity index (χ2n) is 5.68. The number of hydrogen-bond acceptors (Lipinski definition) is 3. The van der Waals surface area contributed by atoms with Gasteiger partial charge >= 0.3 is 0 Å². The molecule has 0 aliphatic carbocycles. The maximum absolute atomic E-state index is 12.1.